The van der Waals surface area contributed by atoms with Crippen LogP contribution < -0.4 is 11.1 Å². The normalized spacial score (nSPS) is 18.0. The van der Waals surface area contributed by atoms with E-state index < -0.39 is 0 Å². The molecule has 8 heteroatoms. The molecule has 2 amide bonds. The van der Waals surface area contributed by atoms with Crippen molar-refractivity contribution in [2.45, 2.75) is 45.7 Å². The van der Waals surface area contributed by atoms with Crippen molar-refractivity contribution in [1.29, 1.82) is 0 Å². The van der Waals surface area contributed by atoms with Crippen LogP contribution in [-0.2, 0) is 16.1 Å². The van der Waals surface area contributed by atoms with Gasteiger partial charge in [-0.25, -0.2) is 4.98 Å². The number of anilines is 1. The standard InChI is InChI=1S/C19H26N6O2/c1-3-4-12(2)25-11-14(9-17(25)26)19(27)21-15-7-5-13(6-8-15)18-22-16(10-20)23-24-18/h5-8,12,14H,3-4,9-11,20H2,1-2H3,(H,21,27)(H,22,23,24). The molecule has 1 aromatic carbocycles. The molecule has 1 aliphatic rings. The van der Waals surface area contributed by atoms with Crippen LogP contribution in [0.25, 0.3) is 11.4 Å². The molecule has 8 nitrogen and oxygen atoms in total. The van der Waals surface area contributed by atoms with Crippen LogP contribution in [0, 0.1) is 5.92 Å². The highest BCUT2D eigenvalue weighted by atomic mass is 16.2. The van der Waals surface area contributed by atoms with Crippen LogP contribution in [0.3, 0.4) is 0 Å². The molecule has 0 spiro atoms. The predicted molar refractivity (Wildman–Crippen MR) is 103 cm³/mol. The molecule has 4 N–H and O–H groups in total. The summed E-state index contributed by atoms with van der Waals surface area (Å²) in [6.07, 6.45) is 2.25. The fraction of sp³-hybridized carbons (Fsp3) is 0.474. The van der Waals surface area contributed by atoms with Gasteiger partial charge in [-0.2, -0.15) is 5.10 Å². The number of nitrogens with one attached hydrogen (secondary N) is 2. The van der Waals surface area contributed by atoms with Crippen molar-refractivity contribution < 1.29 is 9.59 Å². The number of aromatic nitrogens is 3. The molecule has 27 heavy (non-hydrogen) atoms. The van der Waals surface area contributed by atoms with Crippen molar-refractivity contribution in [3.05, 3.63) is 30.1 Å². The summed E-state index contributed by atoms with van der Waals surface area (Å²) in [7, 11) is 0. The van der Waals surface area contributed by atoms with E-state index in [1.807, 2.05) is 24.0 Å². The molecule has 0 saturated carbocycles. The SMILES string of the molecule is CCCC(C)N1CC(C(=O)Nc2ccc(-c3n[nH]c(CN)n3)cc2)CC1=O. The number of carbonyl (C=O) groups excluding carboxylic acids is 2. The molecule has 144 valence electrons. The molecule has 2 aromatic rings. The number of benzene rings is 1. The van der Waals surface area contributed by atoms with Gasteiger partial charge in [-0.15, -0.1) is 0 Å². The van der Waals surface area contributed by atoms with Gasteiger partial charge in [-0.05, 0) is 37.6 Å². The lowest BCUT2D eigenvalue weighted by Gasteiger charge is -2.24. The molecular formula is C19H26N6O2. The number of carbonyl (C=O) groups is 2. The first-order valence-electron chi connectivity index (χ1n) is 9.34. The maximum atomic E-state index is 12.5. The van der Waals surface area contributed by atoms with Crippen LogP contribution in [-0.4, -0.2) is 44.5 Å². The van der Waals surface area contributed by atoms with Gasteiger partial charge >= 0.3 is 0 Å². The third-order valence-corrected chi connectivity index (χ3v) is 4.90. The monoisotopic (exact) mass is 370 g/mol. The molecule has 1 fully saturated rings. The molecule has 2 atom stereocenters. The van der Waals surface area contributed by atoms with Gasteiger partial charge in [-0.3, -0.25) is 14.7 Å². The van der Waals surface area contributed by atoms with E-state index in [9.17, 15) is 9.59 Å². The van der Waals surface area contributed by atoms with Crippen LogP contribution in [0.4, 0.5) is 5.69 Å². The number of aromatic amines is 1. The highest BCUT2D eigenvalue weighted by Gasteiger charge is 2.36. The minimum absolute atomic E-state index is 0.0618. The number of H-pyrrole nitrogens is 1. The summed E-state index contributed by atoms with van der Waals surface area (Å²) in [4.78, 5) is 30.9. The summed E-state index contributed by atoms with van der Waals surface area (Å²) >= 11 is 0. The Balaban J connectivity index is 1.60. The van der Waals surface area contributed by atoms with Crippen molar-refractivity contribution in [3.8, 4) is 11.4 Å². The van der Waals surface area contributed by atoms with E-state index in [0.29, 0.717) is 30.4 Å². The number of amides is 2. The van der Waals surface area contributed by atoms with E-state index in [-0.39, 0.29) is 30.2 Å². The number of nitrogens with two attached hydrogens (primary N) is 1. The van der Waals surface area contributed by atoms with Crippen LogP contribution in [0.15, 0.2) is 24.3 Å². The topological polar surface area (TPSA) is 117 Å². The molecule has 2 heterocycles. The van der Waals surface area contributed by atoms with Crippen LogP contribution in [0.1, 0.15) is 38.9 Å². The molecule has 0 bridgehead atoms. The van der Waals surface area contributed by atoms with E-state index in [2.05, 4.69) is 27.4 Å². The molecule has 0 radical (unpaired) electrons. The Morgan fingerprint density at radius 2 is 2.15 bits per heavy atom. The first kappa shape index (κ1) is 19.0. The highest BCUT2D eigenvalue weighted by Crippen LogP contribution is 2.24. The summed E-state index contributed by atoms with van der Waals surface area (Å²) in [5.74, 6) is 0.819. The second-order valence-corrected chi connectivity index (χ2v) is 6.96. The quantitative estimate of drug-likeness (QED) is 0.688. The molecule has 0 aliphatic carbocycles. The van der Waals surface area contributed by atoms with E-state index in [1.54, 1.807) is 12.1 Å². The molecule has 3 rings (SSSR count). The molecule has 1 aromatic heterocycles. The summed E-state index contributed by atoms with van der Waals surface area (Å²) < 4.78 is 0. The minimum atomic E-state index is -0.309. The zero-order valence-corrected chi connectivity index (χ0v) is 15.7. The molecule has 1 aliphatic heterocycles. The smallest absolute Gasteiger partial charge is 0.229 e. The van der Waals surface area contributed by atoms with Crippen LogP contribution in [0.2, 0.25) is 0 Å². The third kappa shape index (κ3) is 4.33. The first-order chi connectivity index (χ1) is 13.0. The Kier molecular flexibility index (Phi) is 5.85. The number of hydrogen-bond acceptors (Lipinski definition) is 5. The van der Waals surface area contributed by atoms with Crippen molar-refractivity contribution in [2.75, 3.05) is 11.9 Å². The number of likely N-dealkylation sites (tertiary alicyclic amines) is 1. The van der Waals surface area contributed by atoms with Crippen LogP contribution >= 0.6 is 0 Å². The third-order valence-electron chi connectivity index (χ3n) is 4.90. The van der Waals surface area contributed by atoms with Crippen LogP contribution in [0.5, 0.6) is 0 Å². The van der Waals surface area contributed by atoms with E-state index in [0.717, 1.165) is 18.4 Å². The van der Waals surface area contributed by atoms with E-state index in [1.165, 1.54) is 0 Å². The zero-order valence-electron chi connectivity index (χ0n) is 15.7. The Morgan fingerprint density at radius 1 is 1.41 bits per heavy atom. The van der Waals surface area contributed by atoms with Gasteiger partial charge in [0.25, 0.3) is 0 Å². The van der Waals surface area contributed by atoms with Gasteiger partial charge in [0, 0.05) is 30.3 Å². The van der Waals surface area contributed by atoms with Crippen molar-refractivity contribution >= 4 is 17.5 Å². The summed E-state index contributed by atoms with van der Waals surface area (Å²) in [5, 5.41) is 9.79. The Hall–Kier alpha value is -2.74. The summed E-state index contributed by atoms with van der Waals surface area (Å²) in [5.41, 5.74) is 7.05. The van der Waals surface area contributed by atoms with Crippen molar-refractivity contribution in [1.82, 2.24) is 20.1 Å². The maximum Gasteiger partial charge on any atom is 0.229 e. The fourth-order valence-corrected chi connectivity index (χ4v) is 3.37. The average molecular weight is 370 g/mol. The highest BCUT2D eigenvalue weighted by molar-refractivity contribution is 5.97. The van der Waals surface area contributed by atoms with Gasteiger partial charge in [0.15, 0.2) is 5.82 Å². The lowest BCUT2D eigenvalue weighted by molar-refractivity contribution is -0.129. The van der Waals surface area contributed by atoms with Gasteiger partial charge < -0.3 is 16.0 Å². The lowest BCUT2D eigenvalue weighted by atomic mass is 10.1. The molecule has 2 unspecified atom stereocenters. The maximum absolute atomic E-state index is 12.5. The van der Waals surface area contributed by atoms with Gasteiger partial charge in [0.1, 0.15) is 5.82 Å². The predicted octanol–water partition coefficient (Wildman–Crippen LogP) is 1.91. The largest absolute Gasteiger partial charge is 0.339 e. The second kappa shape index (κ2) is 8.30. The fourth-order valence-electron chi connectivity index (χ4n) is 3.37. The zero-order chi connectivity index (χ0) is 19.4. The number of rotatable bonds is 7. The average Bonchev–Trinajstić information content (AvgIpc) is 3.29. The minimum Gasteiger partial charge on any atom is -0.339 e. The molecular weight excluding hydrogens is 344 g/mol. The van der Waals surface area contributed by atoms with Crippen molar-refractivity contribution in [2.24, 2.45) is 11.7 Å². The Labute approximate surface area is 158 Å². The molecule has 1 saturated heterocycles. The Bertz CT molecular complexity index is 801. The van der Waals surface area contributed by atoms with E-state index in [4.69, 9.17) is 5.73 Å². The summed E-state index contributed by atoms with van der Waals surface area (Å²) in [6, 6.07) is 7.47. The Morgan fingerprint density at radius 3 is 2.78 bits per heavy atom. The van der Waals surface area contributed by atoms with Gasteiger partial charge in [0.05, 0.1) is 12.5 Å². The van der Waals surface area contributed by atoms with Crippen molar-refractivity contribution in [3.63, 3.8) is 0 Å². The second-order valence-electron chi connectivity index (χ2n) is 6.96. The lowest BCUT2D eigenvalue weighted by Crippen LogP contribution is -2.35. The number of nitrogens with zero attached hydrogens (tertiary/aromatic N) is 3. The van der Waals surface area contributed by atoms with Gasteiger partial charge in [0.2, 0.25) is 11.8 Å². The number of hydrogen-bond donors (Lipinski definition) is 3. The first-order valence-corrected chi connectivity index (χ1v) is 9.34. The van der Waals surface area contributed by atoms with Gasteiger partial charge in [-0.1, -0.05) is 13.3 Å². The van der Waals surface area contributed by atoms with E-state index >= 15 is 0 Å². The summed E-state index contributed by atoms with van der Waals surface area (Å²) in [6.45, 7) is 4.93.